The lowest BCUT2D eigenvalue weighted by atomic mass is 9.93. The monoisotopic (exact) mass is 531 g/mol. The summed E-state index contributed by atoms with van der Waals surface area (Å²) in [6.45, 7) is -0.144. The zero-order chi connectivity index (χ0) is 27.4. The summed E-state index contributed by atoms with van der Waals surface area (Å²) in [5.41, 5.74) is 0.335. The third-order valence-corrected chi connectivity index (χ3v) is 6.13. The van der Waals surface area contributed by atoms with Crippen LogP contribution >= 0.6 is 0 Å². The number of aromatic nitrogens is 1. The fourth-order valence-electron chi connectivity index (χ4n) is 4.31. The molecule has 4 rings (SSSR count). The molecule has 0 radical (unpaired) electrons. The molecule has 1 fully saturated rings. The first-order valence-corrected chi connectivity index (χ1v) is 11.5. The third kappa shape index (κ3) is 5.80. The molecule has 0 saturated carbocycles. The average Bonchev–Trinajstić information content (AvgIpc) is 3.20. The number of hydrogen-bond acceptors (Lipinski definition) is 6. The number of methoxy groups -OCH3 is 1. The predicted molar refractivity (Wildman–Crippen MR) is 130 cm³/mol. The van der Waals surface area contributed by atoms with E-state index in [0.717, 1.165) is 24.3 Å². The highest BCUT2D eigenvalue weighted by Crippen LogP contribution is 2.32. The Kier molecular flexibility index (Phi) is 7.72. The van der Waals surface area contributed by atoms with Gasteiger partial charge in [-0.05, 0) is 54.1 Å². The summed E-state index contributed by atoms with van der Waals surface area (Å²) in [5.74, 6) is -1.68. The molecule has 0 unspecified atom stereocenters. The van der Waals surface area contributed by atoms with Crippen LogP contribution in [0.25, 0.3) is 0 Å². The summed E-state index contributed by atoms with van der Waals surface area (Å²) in [4.78, 5) is 40.8. The topological polar surface area (TPSA) is 110 Å². The Morgan fingerprint density at radius 2 is 1.71 bits per heavy atom. The largest absolute Gasteiger partial charge is 0.573 e. The molecule has 200 valence electrons. The van der Waals surface area contributed by atoms with Crippen LogP contribution in [0.15, 0.2) is 71.7 Å². The van der Waals surface area contributed by atoms with Crippen molar-refractivity contribution >= 4 is 17.5 Å². The lowest BCUT2D eigenvalue weighted by Crippen LogP contribution is -2.44. The van der Waals surface area contributed by atoms with Crippen molar-refractivity contribution in [3.05, 3.63) is 88.3 Å². The number of hydrogen-bond donors (Lipinski definition) is 2. The van der Waals surface area contributed by atoms with E-state index in [0.29, 0.717) is 11.3 Å². The first kappa shape index (κ1) is 26.7. The van der Waals surface area contributed by atoms with Crippen molar-refractivity contribution < 1.29 is 37.3 Å². The number of rotatable bonds is 8. The molecule has 0 aliphatic carbocycles. The van der Waals surface area contributed by atoms with Gasteiger partial charge in [-0.2, -0.15) is 0 Å². The lowest BCUT2D eigenvalue weighted by molar-refractivity contribution is -0.274. The van der Waals surface area contributed by atoms with Crippen LogP contribution in [0, 0.1) is 0 Å². The number of pyridine rings is 1. The van der Waals surface area contributed by atoms with Crippen molar-refractivity contribution in [1.29, 1.82) is 0 Å². The molecule has 3 aromatic rings. The van der Waals surface area contributed by atoms with Crippen LogP contribution < -0.4 is 25.2 Å². The second-order valence-corrected chi connectivity index (χ2v) is 8.47. The van der Waals surface area contributed by atoms with Crippen LogP contribution in [0.5, 0.6) is 11.5 Å². The average molecular weight is 531 g/mol. The number of carbonyl (C=O) groups excluding carboxylic acids is 2. The van der Waals surface area contributed by atoms with Gasteiger partial charge >= 0.3 is 6.36 Å². The number of aliphatic hydroxyl groups excluding tert-OH is 1. The zero-order valence-electron chi connectivity index (χ0n) is 20.1. The minimum Gasteiger partial charge on any atom is -0.497 e. The fourth-order valence-corrected chi connectivity index (χ4v) is 4.31. The Morgan fingerprint density at radius 1 is 1.05 bits per heavy atom. The Balaban J connectivity index is 1.64. The fraction of sp³-hybridized carbons (Fsp3) is 0.269. The van der Waals surface area contributed by atoms with E-state index < -0.39 is 41.4 Å². The van der Waals surface area contributed by atoms with E-state index >= 15 is 0 Å². The summed E-state index contributed by atoms with van der Waals surface area (Å²) < 4.78 is 47.7. The molecule has 1 aliphatic heterocycles. The third-order valence-electron chi connectivity index (χ3n) is 6.13. The van der Waals surface area contributed by atoms with Crippen molar-refractivity contribution in [3.8, 4) is 11.5 Å². The molecule has 2 atom stereocenters. The summed E-state index contributed by atoms with van der Waals surface area (Å²) in [6, 6.07) is 13.2. The Bertz CT molecular complexity index is 1360. The molecular weight excluding hydrogens is 507 g/mol. The predicted octanol–water partition coefficient (Wildman–Crippen LogP) is 2.68. The molecule has 2 amide bonds. The van der Waals surface area contributed by atoms with E-state index in [1.165, 1.54) is 28.8 Å². The van der Waals surface area contributed by atoms with Crippen molar-refractivity contribution in [2.75, 3.05) is 25.2 Å². The van der Waals surface area contributed by atoms with Gasteiger partial charge in [0.2, 0.25) is 5.91 Å². The van der Waals surface area contributed by atoms with Crippen LogP contribution in [-0.2, 0) is 11.3 Å². The van der Waals surface area contributed by atoms with Gasteiger partial charge in [0.15, 0.2) is 0 Å². The van der Waals surface area contributed by atoms with Crippen molar-refractivity contribution in [1.82, 2.24) is 9.88 Å². The number of amides is 2. The number of anilines is 1. The molecule has 2 N–H and O–H groups in total. The Hall–Kier alpha value is -4.32. The van der Waals surface area contributed by atoms with E-state index in [-0.39, 0.29) is 30.9 Å². The smallest absolute Gasteiger partial charge is 0.497 e. The normalized spacial score (nSPS) is 17.4. The molecule has 1 aliphatic rings. The Labute approximate surface area is 215 Å². The van der Waals surface area contributed by atoms with E-state index in [2.05, 4.69) is 10.1 Å². The van der Waals surface area contributed by atoms with Crippen molar-refractivity contribution in [3.63, 3.8) is 0 Å². The molecule has 38 heavy (non-hydrogen) atoms. The van der Waals surface area contributed by atoms with Gasteiger partial charge in [0, 0.05) is 30.8 Å². The minimum atomic E-state index is -4.87. The summed E-state index contributed by atoms with van der Waals surface area (Å²) in [6.07, 6.45) is -3.38. The number of nitrogens with one attached hydrogen (secondary N) is 1. The second kappa shape index (κ2) is 11.0. The summed E-state index contributed by atoms with van der Waals surface area (Å²) >= 11 is 0. The first-order valence-electron chi connectivity index (χ1n) is 11.5. The highest BCUT2D eigenvalue weighted by molar-refractivity contribution is 6.05. The van der Waals surface area contributed by atoms with Crippen molar-refractivity contribution in [2.45, 2.75) is 24.9 Å². The van der Waals surface area contributed by atoms with Crippen LogP contribution in [0.3, 0.4) is 0 Å². The van der Waals surface area contributed by atoms with Gasteiger partial charge in [-0.3, -0.25) is 14.4 Å². The number of ether oxygens (including phenoxy) is 2. The number of alkyl halides is 3. The van der Waals surface area contributed by atoms with Crippen LogP contribution in [0.4, 0.5) is 18.9 Å². The van der Waals surface area contributed by atoms with E-state index in [1.54, 1.807) is 30.3 Å². The number of carbonyl (C=O) groups is 2. The lowest BCUT2D eigenvalue weighted by Gasteiger charge is -2.19. The van der Waals surface area contributed by atoms with Crippen molar-refractivity contribution in [2.24, 2.45) is 0 Å². The molecule has 2 heterocycles. The highest BCUT2D eigenvalue weighted by atomic mass is 19.4. The maximum Gasteiger partial charge on any atom is 0.573 e. The van der Waals surface area contributed by atoms with Gasteiger partial charge < -0.3 is 29.4 Å². The first-order chi connectivity index (χ1) is 18.1. The minimum absolute atomic E-state index is 0.0178. The molecule has 9 nitrogen and oxygen atoms in total. The maximum absolute atomic E-state index is 13.6. The quantitative estimate of drug-likeness (QED) is 0.463. The molecule has 0 spiro atoms. The van der Waals surface area contributed by atoms with Gasteiger partial charge in [0.25, 0.3) is 11.5 Å². The van der Waals surface area contributed by atoms with Gasteiger partial charge in [-0.15, -0.1) is 13.2 Å². The van der Waals surface area contributed by atoms with Gasteiger partial charge in [0.1, 0.15) is 23.2 Å². The van der Waals surface area contributed by atoms with Crippen LogP contribution in [-0.4, -0.2) is 54.2 Å². The zero-order valence-corrected chi connectivity index (χ0v) is 20.1. The Morgan fingerprint density at radius 3 is 2.32 bits per heavy atom. The molecule has 2 aromatic carbocycles. The highest BCUT2D eigenvalue weighted by Gasteiger charge is 2.43. The van der Waals surface area contributed by atoms with E-state index in [9.17, 15) is 32.7 Å². The number of halogens is 3. The van der Waals surface area contributed by atoms with E-state index in [1.807, 2.05) is 0 Å². The van der Waals surface area contributed by atoms with Crippen LogP contribution in [0.1, 0.15) is 21.8 Å². The summed E-state index contributed by atoms with van der Waals surface area (Å²) in [5, 5.41) is 11.9. The number of benzene rings is 2. The second-order valence-electron chi connectivity index (χ2n) is 8.47. The molecular formula is C26H24F3N3O6. The van der Waals surface area contributed by atoms with Gasteiger partial charge in [-0.1, -0.05) is 12.1 Å². The summed E-state index contributed by atoms with van der Waals surface area (Å²) in [7, 11) is 1.51. The number of nitrogens with zero attached hydrogens (tertiary/aromatic N) is 2. The standard InChI is InChI=1S/C26H24F3N3O6/c1-37-18-8-4-16(5-9-18)20-15-32(21-3-2-12-31(13-14-33)24(21)35)25(36)22(20)30-23(34)17-6-10-19(11-7-17)38-26(27,28)29/h2-12,20,22,33H,13-15H2,1H3,(H,30,34)/t20-,22-/m0/s1. The van der Waals surface area contributed by atoms with Crippen LogP contribution in [0.2, 0.25) is 0 Å². The SMILES string of the molecule is COc1ccc([C@@H]2CN(c3cccn(CCO)c3=O)C(=O)[C@H]2NC(=O)c2ccc(OC(F)(F)F)cc2)cc1. The maximum atomic E-state index is 13.6. The van der Waals surface area contributed by atoms with Gasteiger partial charge in [-0.25, -0.2) is 0 Å². The number of aliphatic hydroxyl groups is 1. The molecule has 12 heteroatoms. The molecule has 1 aromatic heterocycles. The van der Waals surface area contributed by atoms with E-state index in [4.69, 9.17) is 4.74 Å². The molecule has 0 bridgehead atoms. The van der Waals surface area contributed by atoms with Gasteiger partial charge in [0.05, 0.1) is 13.7 Å². The molecule has 1 saturated heterocycles.